The van der Waals surface area contributed by atoms with E-state index in [0.29, 0.717) is 6.42 Å². The molecule has 6 heteroatoms. The molecule has 0 aliphatic carbocycles. The Balaban J connectivity index is 1.94. The van der Waals surface area contributed by atoms with Gasteiger partial charge in [0.1, 0.15) is 5.75 Å². The van der Waals surface area contributed by atoms with Gasteiger partial charge in [-0.25, -0.2) is 0 Å². The van der Waals surface area contributed by atoms with Crippen LogP contribution in [-0.2, 0) is 11.2 Å². The van der Waals surface area contributed by atoms with Crippen LogP contribution in [0.2, 0.25) is 0 Å². The minimum absolute atomic E-state index is 0.114. The molecule has 1 aliphatic heterocycles. The second kappa shape index (κ2) is 5.56. The number of nitrogens with zero attached hydrogens (tertiary/aromatic N) is 1. The summed E-state index contributed by atoms with van der Waals surface area (Å²) in [5.74, 6) is -0.127. The lowest BCUT2D eigenvalue weighted by molar-refractivity contribution is -0.132. The minimum atomic E-state index is -0.898. The zero-order valence-electron chi connectivity index (χ0n) is 10.4. The summed E-state index contributed by atoms with van der Waals surface area (Å²) >= 11 is 0. The van der Waals surface area contributed by atoms with Gasteiger partial charge in [-0.15, -0.1) is 0 Å². The van der Waals surface area contributed by atoms with Crippen molar-refractivity contribution in [2.24, 2.45) is 5.73 Å². The van der Waals surface area contributed by atoms with Crippen LogP contribution in [0.25, 0.3) is 0 Å². The summed E-state index contributed by atoms with van der Waals surface area (Å²) in [6.45, 7) is 0.229. The van der Waals surface area contributed by atoms with E-state index in [1.165, 1.54) is 17.0 Å². The van der Waals surface area contributed by atoms with E-state index in [4.69, 9.17) is 10.8 Å². The van der Waals surface area contributed by atoms with Crippen molar-refractivity contribution in [3.05, 3.63) is 29.8 Å². The predicted octanol–water partition coefficient (Wildman–Crippen LogP) is -1.17. The fraction of sp³-hybridized carbons (Fsp3) is 0.462. The number of hydrogen-bond acceptors (Lipinski definition) is 5. The Kier molecular flexibility index (Phi) is 4.04. The summed E-state index contributed by atoms with van der Waals surface area (Å²) in [4.78, 5) is 13.4. The van der Waals surface area contributed by atoms with Crippen molar-refractivity contribution >= 4 is 5.91 Å². The van der Waals surface area contributed by atoms with Crippen molar-refractivity contribution in [2.45, 2.75) is 24.7 Å². The number of rotatable bonds is 3. The van der Waals surface area contributed by atoms with Crippen molar-refractivity contribution in [1.82, 2.24) is 4.90 Å². The fourth-order valence-corrected chi connectivity index (χ4v) is 2.16. The van der Waals surface area contributed by atoms with Gasteiger partial charge in [0.2, 0.25) is 5.91 Å². The smallest absolute Gasteiger partial charge is 0.240 e. The van der Waals surface area contributed by atoms with Crippen molar-refractivity contribution in [2.75, 3.05) is 13.1 Å². The summed E-state index contributed by atoms with van der Waals surface area (Å²) in [7, 11) is 0. The van der Waals surface area contributed by atoms with Crippen LogP contribution in [0.1, 0.15) is 5.56 Å². The van der Waals surface area contributed by atoms with Crippen molar-refractivity contribution in [3.63, 3.8) is 0 Å². The zero-order valence-corrected chi connectivity index (χ0v) is 10.4. The molecule has 3 atom stereocenters. The number of aliphatic hydroxyl groups is 2. The summed E-state index contributed by atoms with van der Waals surface area (Å²) in [5, 5.41) is 28.0. The van der Waals surface area contributed by atoms with Crippen LogP contribution in [0.15, 0.2) is 24.3 Å². The Bertz CT molecular complexity index is 438. The highest BCUT2D eigenvalue weighted by molar-refractivity contribution is 5.82. The molecular weight excluding hydrogens is 248 g/mol. The second-order valence-corrected chi connectivity index (χ2v) is 4.85. The third-order valence-electron chi connectivity index (χ3n) is 3.28. The maximum Gasteiger partial charge on any atom is 0.240 e. The van der Waals surface area contributed by atoms with E-state index >= 15 is 0 Å². The molecule has 2 rings (SSSR count). The second-order valence-electron chi connectivity index (χ2n) is 4.85. The lowest BCUT2D eigenvalue weighted by atomic mass is 10.1. The molecule has 1 saturated heterocycles. The highest BCUT2D eigenvalue weighted by Gasteiger charge is 2.34. The molecule has 0 aromatic heterocycles. The molecule has 1 amide bonds. The molecule has 104 valence electrons. The quantitative estimate of drug-likeness (QED) is 0.551. The summed E-state index contributed by atoms with van der Waals surface area (Å²) in [6.07, 6.45) is -1.45. The first kappa shape index (κ1) is 13.8. The summed E-state index contributed by atoms with van der Waals surface area (Å²) in [6, 6.07) is 5.76. The standard InChI is InChI=1S/C13H18N2O4/c14-10(5-8-1-3-9(16)4-2-8)13(19)15-6-11(17)12(18)7-15/h1-4,10-12,16-18H,5-7,14H2/t10-,11?,12?/m0/s1. The van der Waals surface area contributed by atoms with Gasteiger partial charge in [0.15, 0.2) is 0 Å². The molecule has 0 radical (unpaired) electrons. The van der Waals surface area contributed by atoms with Gasteiger partial charge in [0, 0.05) is 13.1 Å². The lowest BCUT2D eigenvalue weighted by Gasteiger charge is -2.20. The SMILES string of the molecule is N[C@@H](Cc1ccc(O)cc1)C(=O)N1CC(O)C(O)C1. The fourth-order valence-electron chi connectivity index (χ4n) is 2.16. The number of carbonyl (C=O) groups excluding carboxylic acids is 1. The summed E-state index contributed by atoms with van der Waals surface area (Å²) in [5.41, 5.74) is 6.69. The van der Waals surface area contributed by atoms with E-state index in [2.05, 4.69) is 0 Å². The van der Waals surface area contributed by atoms with E-state index in [-0.39, 0.29) is 24.7 Å². The first-order valence-corrected chi connectivity index (χ1v) is 6.16. The van der Waals surface area contributed by atoms with Gasteiger partial charge in [-0.3, -0.25) is 4.79 Å². The van der Waals surface area contributed by atoms with Crippen LogP contribution in [0, 0.1) is 0 Å². The summed E-state index contributed by atoms with van der Waals surface area (Å²) < 4.78 is 0. The highest BCUT2D eigenvalue weighted by atomic mass is 16.3. The number of aromatic hydroxyl groups is 1. The zero-order chi connectivity index (χ0) is 14.0. The molecule has 0 bridgehead atoms. The van der Waals surface area contributed by atoms with Gasteiger partial charge in [-0.2, -0.15) is 0 Å². The molecule has 0 spiro atoms. The number of phenols is 1. The first-order chi connectivity index (χ1) is 8.97. The molecule has 19 heavy (non-hydrogen) atoms. The number of hydrogen-bond donors (Lipinski definition) is 4. The number of aliphatic hydroxyl groups excluding tert-OH is 2. The van der Waals surface area contributed by atoms with Gasteiger partial charge >= 0.3 is 0 Å². The van der Waals surface area contributed by atoms with Gasteiger partial charge in [-0.1, -0.05) is 12.1 Å². The Hall–Kier alpha value is -1.63. The number of carbonyl (C=O) groups is 1. The number of likely N-dealkylation sites (tertiary alicyclic amines) is 1. The molecule has 5 N–H and O–H groups in total. The molecule has 1 aromatic rings. The molecule has 2 unspecified atom stereocenters. The molecule has 1 heterocycles. The monoisotopic (exact) mass is 266 g/mol. The molecular formula is C13H18N2O4. The lowest BCUT2D eigenvalue weighted by Crippen LogP contribution is -2.44. The molecule has 6 nitrogen and oxygen atoms in total. The first-order valence-electron chi connectivity index (χ1n) is 6.16. The third-order valence-corrected chi connectivity index (χ3v) is 3.28. The average molecular weight is 266 g/mol. The van der Waals surface area contributed by atoms with Crippen molar-refractivity contribution in [1.29, 1.82) is 0 Å². The number of β-amino-alcohol motifs (C(OH)–C–C–N with tert-alkyl or cyclic N) is 2. The molecule has 1 fully saturated rings. The topological polar surface area (TPSA) is 107 Å². The van der Waals surface area contributed by atoms with Crippen LogP contribution in [0.4, 0.5) is 0 Å². The predicted molar refractivity (Wildman–Crippen MR) is 68.4 cm³/mol. The van der Waals surface area contributed by atoms with E-state index in [1.54, 1.807) is 12.1 Å². The van der Waals surface area contributed by atoms with E-state index in [0.717, 1.165) is 5.56 Å². The van der Waals surface area contributed by atoms with Crippen molar-refractivity contribution < 1.29 is 20.1 Å². The largest absolute Gasteiger partial charge is 0.508 e. The molecule has 0 saturated carbocycles. The van der Waals surface area contributed by atoms with Crippen LogP contribution in [-0.4, -0.2) is 57.5 Å². The maximum absolute atomic E-state index is 12.0. The van der Waals surface area contributed by atoms with E-state index in [9.17, 15) is 15.0 Å². The minimum Gasteiger partial charge on any atom is -0.508 e. The van der Waals surface area contributed by atoms with Gasteiger partial charge < -0.3 is 26.0 Å². The van der Waals surface area contributed by atoms with Crippen LogP contribution in [0.5, 0.6) is 5.75 Å². The highest BCUT2D eigenvalue weighted by Crippen LogP contribution is 2.14. The van der Waals surface area contributed by atoms with Crippen LogP contribution < -0.4 is 5.73 Å². The van der Waals surface area contributed by atoms with Gasteiger partial charge in [0.05, 0.1) is 18.2 Å². The maximum atomic E-state index is 12.0. The average Bonchev–Trinajstić information content (AvgIpc) is 2.71. The molecule has 1 aromatic carbocycles. The van der Waals surface area contributed by atoms with E-state index < -0.39 is 18.2 Å². The third kappa shape index (κ3) is 3.23. The molecule has 1 aliphatic rings. The Morgan fingerprint density at radius 1 is 1.26 bits per heavy atom. The number of phenolic OH excluding ortho intramolecular Hbond substituents is 1. The van der Waals surface area contributed by atoms with Gasteiger partial charge in [-0.05, 0) is 24.1 Å². The van der Waals surface area contributed by atoms with Crippen LogP contribution in [0.3, 0.4) is 0 Å². The van der Waals surface area contributed by atoms with Crippen molar-refractivity contribution in [3.8, 4) is 5.75 Å². The van der Waals surface area contributed by atoms with Gasteiger partial charge in [0.25, 0.3) is 0 Å². The number of benzene rings is 1. The Morgan fingerprint density at radius 3 is 2.32 bits per heavy atom. The Morgan fingerprint density at radius 2 is 1.79 bits per heavy atom. The Labute approximate surface area is 111 Å². The number of nitrogens with two attached hydrogens (primary N) is 1. The normalized spacial score (nSPS) is 24.5. The van der Waals surface area contributed by atoms with E-state index in [1.807, 2.05) is 0 Å². The van der Waals surface area contributed by atoms with Crippen LogP contribution >= 0.6 is 0 Å². The number of amides is 1.